The van der Waals surface area contributed by atoms with Gasteiger partial charge in [-0.1, -0.05) is 0 Å². The molecule has 2 aliphatic rings. The number of hydrogen-bond donors (Lipinski definition) is 3. The number of amides is 2. The van der Waals surface area contributed by atoms with Gasteiger partial charge in [0.15, 0.2) is 0 Å². The van der Waals surface area contributed by atoms with E-state index in [1.807, 2.05) is 30.1 Å². The lowest BCUT2D eigenvalue weighted by Crippen LogP contribution is -2.35. The minimum Gasteiger partial charge on any atom is -0.377 e. The number of pyridine rings is 2. The number of aromatic amines is 1. The molecule has 1 atom stereocenters. The van der Waals surface area contributed by atoms with Gasteiger partial charge >= 0.3 is 0 Å². The Balaban J connectivity index is 1.14. The normalized spacial score (nSPS) is 18.0. The molecule has 3 N–H and O–H groups in total. The van der Waals surface area contributed by atoms with E-state index in [1.165, 1.54) is 0 Å². The van der Waals surface area contributed by atoms with Crippen LogP contribution in [0.15, 0.2) is 43.0 Å². The second-order valence-corrected chi connectivity index (χ2v) is 10.1. The zero-order valence-corrected chi connectivity index (χ0v) is 21.4. The van der Waals surface area contributed by atoms with E-state index in [0.29, 0.717) is 54.1 Å². The molecule has 11 heteroatoms. The first-order valence-corrected chi connectivity index (χ1v) is 12.9. The first-order valence-electron chi connectivity index (χ1n) is 12.9. The molecule has 2 fully saturated rings. The number of H-pyrrole nitrogens is 1. The summed E-state index contributed by atoms with van der Waals surface area (Å²) in [7, 11) is 0. The van der Waals surface area contributed by atoms with Gasteiger partial charge in [-0.3, -0.25) is 24.2 Å². The van der Waals surface area contributed by atoms with Crippen LogP contribution >= 0.6 is 0 Å². The average Bonchev–Trinajstić information content (AvgIpc) is 3.60. The fourth-order valence-electron chi connectivity index (χ4n) is 4.88. The third-order valence-electron chi connectivity index (χ3n) is 7.30. The average molecular weight is 515 g/mol. The molecule has 0 unspecified atom stereocenters. The Morgan fingerprint density at radius 2 is 2.00 bits per heavy atom. The molecule has 0 aromatic carbocycles. The molecule has 0 saturated carbocycles. The van der Waals surface area contributed by atoms with Crippen molar-refractivity contribution in [1.29, 1.82) is 0 Å². The van der Waals surface area contributed by atoms with Crippen molar-refractivity contribution in [2.75, 3.05) is 36.9 Å². The molecule has 4 aromatic heterocycles. The Bertz CT molecular complexity index is 1510. The summed E-state index contributed by atoms with van der Waals surface area (Å²) in [6.45, 7) is 6.58. The van der Waals surface area contributed by atoms with Crippen LogP contribution in [0.5, 0.6) is 0 Å². The SMILES string of the molecule is Cc1ncc(NC(=O)CN2CCC[C@@H]2C)cc1NC(=O)c1cnc2[nH]c(-c3cnn(C4COC4)c3)cc2c1. The maximum Gasteiger partial charge on any atom is 0.257 e. The Morgan fingerprint density at radius 3 is 2.76 bits per heavy atom. The summed E-state index contributed by atoms with van der Waals surface area (Å²) in [6.07, 6.45) is 9.16. The fraction of sp³-hybridized carbons (Fsp3) is 0.370. The molecule has 2 saturated heterocycles. The first kappa shape index (κ1) is 24.3. The maximum absolute atomic E-state index is 13.1. The summed E-state index contributed by atoms with van der Waals surface area (Å²) in [6, 6.07) is 6.18. The molecule has 4 aromatic rings. The second-order valence-electron chi connectivity index (χ2n) is 10.1. The number of carbonyl (C=O) groups is 2. The molecule has 6 heterocycles. The molecule has 0 radical (unpaired) electrons. The summed E-state index contributed by atoms with van der Waals surface area (Å²) in [4.78, 5) is 39.9. The smallest absolute Gasteiger partial charge is 0.257 e. The zero-order chi connectivity index (χ0) is 26.2. The van der Waals surface area contributed by atoms with E-state index in [1.54, 1.807) is 24.5 Å². The summed E-state index contributed by atoms with van der Waals surface area (Å²) in [5.74, 6) is -0.398. The highest BCUT2D eigenvalue weighted by Gasteiger charge is 2.23. The summed E-state index contributed by atoms with van der Waals surface area (Å²) >= 11 is 0. The number of aryl methyl sites for hydroxylation is 1. The van der Waals surface area contributed by atoms with Crippen LogP contribution in [0, 0.1) is 6.92 Å². The van der Waals surface area contributed by atoms with Gasteiger partial charge in [-0.25, -0.2) is 4.98 Å². The number of anilines is 2. The van der Waals surface area contributed by atoms with Crippen molar-refractivity contribution in [3.8, 4) is 11.3 Å². The van der Waals surface area contributed by atoms with E-state index in [-0.39, 0.29) is 17.9 Å². The van der Waals surface area contributed by atoms with Crippen LogP contribution in [0.3, 0.4) is 0 Å². The van der Waals surface area contributed by atoms with Crippen LogP contribution in [-0.4, -0.2) is 73.8 Å². The van der Waals surface area contributed by atoms with Crippen molar-refractivity contribution in [3.63, 3.8) is 0 Å². The van der Waals surface area contributed by atoms with Gasteiger partial charge in [-0.05, 0) is 51.4 Å². The Labute approximate surface area is 219 Å². The summed E-state index contributed by atoms with van der Waals surface area (Å²) < 4.78 is 7.16. The van der Waals surface area contributed by atoms with Gasteiger partial charge in [0.05, 0.1) is 66.5 Å². The summed E-state index contributed by atoms with van der Waals surface area (Å²) in [5.41, 5.74) is 4.65. The lowest BCUT2D eigenvalue weighted by atomic mass is 10.2. The van der Waals surface area contributed by atoms with Crippen LogP contribution in [0.2, 0.25) is 0 Å². The number of hydrogen-bond acceptors (Lipinski definition) is 7. The quantitative estimate of drug-likeness (QED) is 0.345. The van der Waals surface area contributed by atoms with E-state index >= 15 is 0 Å². The third-order valence-corrected chi connectivity index (χ3v) is 7.30. The molecule has 196 valence electrons. The van der Waals surface area contributed by atoms with Crippen LogP contribution in [0.4, 0.5) is 11.4 Å². The molecule has 2 aliphatic heterocycles. The number of nitrogens with one attached hydrogen (secondary N) is 3. The van der Waals surface area contributed by atoms with E-state index in [2.05, 4.69) is 42.5 Å². The van der Waals surface area contributed by atoms with Crippen LogP contribution in [0.25, 0.3) is 22.3 Å². The van der Waals surface area contributed by atoms with Crippen molar-refractivity contribution < 1.29 is 14.3 Å². The van der Waals surface area contributed by atoms with Crippen molar-refractivity contribution in [1.82, 2.24) is 29.6 Å². The molecule has 0 aliphatic carbocycles. The third kappa shape index (κ3) is 4.90. The van der Waals surface area contributed by atoms with Gasteiger partial charge in [0, 0.05) is 29.4 Å². The molecule has 0 spiro atoms. The Morgan fingerprint density at radius 1 is 1.13 bits per heavy atom. The molecule has 38 heavy (non-hydrogen) atoms. The van der Waals surface area contributed by atoms with Crippen LogP contribution in [0.1, 0.15) is 41.9 Å². The zero-order valence-electron chi connectivity index (χ0n) is 21.4. The topological polar surface area (TPSA) is 130 Å². The van der Waals surface area contributed by atoms with E-state index < -0.39 is 0 Å². The van der Waals surface area contributed by atoms with Crippen molar-refractivity contribution in [2.45, 2.75) is 38.8 Å². The Hall–Kier alpha value is -4.09. The minimum atomic E-state index is -0.306. The maximum atomic E-state index is 13.1. The second kappa shape index (κ2) is 9.99. The van der Waals surface area contributed by atoms with E-state index in [9.17, 15) is 9.59 Å². The van der Waals surface area contributed by atoms with Crippen molar-refractivity contribution in [2.24, 2.45) is 0 Å². The predicted molar refractivity (Wildman–Crippen MR) is 143 cm³/mol. The van der Waals surface area contributed by atoms with Gasteiger partial charge in [-0.2, -0.15) is 5.10 Å². The van der Waals surface area contributed by atoms with Crippen LogP contribution in [-0.2, 0) is 9.53 Å². The number of likely N-dealkylation sites (tertiary alicyclic amines) is 1. The molecule has 6 rings (SSSR count). The highest BCUT2D eigenvalue weighted by atomic mass is 16.5. The lowest BCUT2D eigenvalue weighted by Gasteiger charge is -2.25. The van der Waals surface area contributed by atoms with Gasteiger partial charge in [0.25, 0.3) is 5.91 Å². The van der Waals surface area contributed by atoms with Crippen LogP contribution < -0.4 is 10.6 Å². The molecular formula is C27H30N8O3. The number of carbonyl (C=O) groups excluding carboxylic acids is 2. The number of ether oxygens (including phenoxy) is 1. The van der Waals surface area contributed by atoms with Gasteiger partial charge < -0.3 is 20.4 Å². The predicted octanol–water partition coefficient (Wildman–Crippen LogP) is 3.38. The van der Waals surface area contributed by atoms with Gasteiger partial charge in [0.2, 0.25) is 5.91 Å². The summed E-state index contributed by atoms with van der Waals surface area (Å²) in [5, 5.41) is 11.1. The standard InChI is InChI=1S/C27H30N8O3/c1-16-4-3-5-34(16)13-25(36)31-21-8-23(17(2)28-11-21)33-27(37)19-6-18-7-24(32-26(18)29-9-19)20-10-30-35(12-20)22-14-38-15-22/h6-12,16,22H,3-5,13-15H2,1-2H3,(H,29,32)(H,31,36)(H,33,37)/t16-/m0/s1. The monoisotopic (exact) mass is 514 g/mol. The van der Waals surface area contributed by atoms with E-state index in [0.717, 1.165) is 36.0 Å². The lowest BCUT2D eigenvalue weighted by molar-refractivity contribution is -0.117. The largest absolute Gasteiger partial charge is 0.377 e. The molecule has 11 nitrogen and oxygen atoms in total. The fourth-order valence-corrected chi connectivity index (χ4v) is 4.88. The highest BCUT2D eigenvalue weighted by Crippen LogP contribution is 2.26. The first-order chi connectivity index (χ1) is 18.4. The Kier molecular flexibility index (Phi) is 6.38. The number of rotatable bonds is 7. The van der Waals surface area contributed by atoms with Crippen molar-refractivity contribution >= 4 is 34.2 Å². The number of fused-ring (bicyclic) bond motifs is 1. The van der Waals surface area contributed by atoms with E-state index in [4.69, 9.17) is 4.74 Å². The van der Waals surface area contributed by atoms with Gasteiger partial charge in [0.1, 0.15) is 5.65 Å². The molecular weight excluding hydrogens is 484 g/mol. The minimum absolute atomic E-state index is 0.0915. The number of aromatic nitrogens is 5. The molecule has 2 amide bonds. The molecule has 0 bridgehead atoms. The number of nitrogens with zero attached hydrogens (tertiary/aromatic N) is 5. The highest BCUT2D eigenvalue weighted by molar-refractivity contribution is 6.06. The van der Waals surface area contributed by atoms with Crippen molar-refractivity contribution in [3.05, 3.63) is 54.2 Å². The van der Waals surface area contributed by atoms with Gasteiger partial charge in [-0.15, -0.1) is 0 Å².